The predicted molar refractivity (Wildman–Crippen MR) is 122 cm³/mol. The molecule has 0 unspecified atom stereocenters. The molecule has 0 spiro atoms. The second kappa shape index (κ2) is 8.18. The molecule has 1 amide bonds. The lowest BCUT2D eigenvalue weighted by Crippen LogP contribution is -2.48. The number of nitrogens with one attached hydrogen (secondary N) is 1. The van der Waals surface area contributed by atoms with E-state index < -0.39 is 0 Å². The zero-order valence-electron chi connectivity index (χ0n) is 17.1. The van der Waals surface area contributed by atoms with Gasteiger partial charge in [0.25, 0.3) is 0 Å². The van der Waals surface area contributed by atoms with Crippen molar-refractivity contribution in [3.8, 4) is 0 Å². The first-order valence-corrected chi connectivity index (χ1v) is 12.4. The standard InChI is InChI=1S/C26H31NOS/c28-25(10-11-29-18-19-4-2-1-3-5-19)27-24-8-6-23(7-9-24)26-15-20-12-21(16-26)14-22(13-20)17-26/h1-9,20-22H,10-18H2,(H,27,28). The molecule has 6 rings (SSSR count). The molecule has 0 aliphatic heterocycles. The van der Waals surface area contributed by atoms with Crippen molar-refractivity contribution in [2.45, 2.75) is 56.1 Å². The number of amides is 1. The van der Waals surface area contributed by atoms with Crippen LogP contribution < -0.4 is 5.32 Å². The van der Waals surface area contributed by atoms with Gasteiger partial charge in [-0.05, 0) is 85.0 Å². The molecule has 0 aromatic heterocycles. The first kappa shape index (κ1) is 19.2. The first-order valence-electron chi connectivity index (χ1n) is 11.2. The number of thioether (sulfide) groups is 1. The maximum absolute atomic E-state index is 12.3. The number of carbonyl (C=O) groups is 1. The minimum atomic E-state index is 0.119. The van der Waals surface area contributed by atoms with E-state index in [0.29, 0.717) is 11.8 Å². The van der Waals surface area contributed by atoms with Gasteiger partial charge in [0.2, 0.25) is 5.91 Å². The van der Waals surface area contributed by atoms with E-state index in [1.165, 1.54) is 49.7 Å². The Bertz CT molecular complexity index is 809. The van der Waals surface area contributed by atoms with Crippen molar-refractivity contribution in [1.82, 2.24) is 0 Å². The van der Waals surface area contributed by atoms with Crippen molar-refractivity contribution in [3.05, 3.63) is 65.7 Å². The molecule has 4 saturated carbocycles. The Morgan fingerprint density at radius 2 is 1.52 bits per heavy atom. The lowest BCUT2D eigenvalue weighted by molar-refractivity contribution is -0.115. The third-order valence-corrected chi connectivity index (χ3v) is 8.43. The number of hydrogen-bond acceptors (Lipinski definition) is 2. The second-order valence-corrected chi connectivity index (χ2v) is 10.7. The average Bonchev–Trinajstić information content (AvgIpc) is 2.71. The fourth-order valence-corrected chi connectivity index (χ4v) is 7.43. The number of benzene rings is 2. The highest BCUT2D eigenvalue weighted by molar-refractivity contribution is 7.98. The van der Waals surface area contributed by atoms with Crippen LogP contribution in [0.1, 0.15) is 56.1 Å². The molecule has 0 atom stereocenters. The molecule has 4 bridgehead atoms. The van der Waals surface area contributed by atoms with Crippen molar-refractivity contribution >= 4 is 23.4 Å². The Kier molecular flexibility index (Phi) is 5.43. The SMILES string of the molecule is O=C(CCSCc1ccccc1)Nc1ccc(C23CC4CC(CC(C4)C2)C3)cc1. The lowest BCUT2D eigenvalue weighted by atomic mass is 9.48. The van der Waals surface area contributed by atoms with Crippen molar-refractivity contribution in [2.75, 3.05) is 11.1 Å². The largest absolute Gasteiger partial charge is 0.326 e. The molecule has 3 heteroatoms. The molecular formula is C26H31NOS. The monoisotopic (exact) mass is 405 g/mol. The van der Waals surface area contributed by atoms with Crippen LogP contribution in [0.15, 0.2) is 54.6 Å². The van der Waals surface area contributed by atoms with Crippen LogP contribution in [0.3, 0.4) is 0 Å². The number of carbonyl (C=O) groups excluding carboxylic acids is 1. The third-order valence-electron chi connectivity index (χ3n) is 7.40. The molecule has 4 aliphatic carbocycles. The minimum Gasteiger partial charge on any atom is -0.326 e. The van der Waals surface area contributed by atoms with Gasteiger partial charge in [-0.2, -0.15) is 11.8 Å². The Morgan fingerprint density at radius 3 is 2.14 bits per heavy atom. The van der Waals surface area contributed by atoms with E-state index in [0.717, 1.165) is 34.9 Å². The molecule has 2 aromatic carbocycles. The van der Waals surface area contributed by atoms with E-state index in [9.17, 15) is 4.79 Å². The number of hydrogen-bond donors (Lipinski definition) is 1. The summed E-state index contributed by atoms with van der Waals surface area (Å²) in [5, 5.41) is 3.09. The van der Waals surface area contributed by atoms with Gasteiger partial charge in [0, 0.05) is 23.6 Å². The van der Waals surface area contributed by atoms with E-state index in [1.807, 2.05) is 17.8 Å². The smallest absolute Gasteiger partial charge is 0.225 e. The Hall–Kier alpha value is -1.74. The summed E-state index contributed by atoms with van der Waals surface area (Å²) in [4.78, 5) is 12.3. The summed E-state index contributed by atoms with van der Waals surface area (Å²) in [6.07, 6.45) is 9.19. The molecule has 0 saturated heterocycles. The van der Waals surface area contributed by atoms with Gasteiger partial charge in [0.1, 0.15) is 0 Å². The second-order valence-electron chi connectivity index (χ2n) is 9.61. The maximum Gasteiger partial charge on any atom is 0.225 e. The molecule has 29 heavy (non-hydrogen) atoms. The molecule has 0 radical (unpaired) electrons. The Labute approximate surface area is 178 Å². The number of rotatable bonds is 7. The van der Waals surface area contributed by atoms with Gasteiger partial charge in [0.15, 0.2) is 0 Å². The molecule has 1 N–H and O–H groups in total. The fraction of sp³-hybridized carbons (Fsp3) is 0.500. The van der Waals surface area contributed by atoms with Crippen molar-refractivity contribution < 1.29 is 4.79 Å². The van der Waals surface area contributed by atoms with Crippen LogP contribution in [0.4, 0.5) is 5.69 Å². The molecule has 4 aliphatic rings. The summed E-state index contributed by atoms with van der Waals surface area (Å²) in [5.74, 6) is 4.84. The topological polar surface area (TPSA) is 29.1 Å². The van der Waals surface area contributed by atoms with Gasteiger partial charge in [-0.3, -0.25) is 4.79 Å². The fourth-order valence-electron chi connectivity index (χ4n) is 6.52. The average molecular weight is 406 g/mol. The lowest BCUT2D eigenvalue weighted by Gasteiger charge is -2.57. The van der Waals surface area contributed by atoms with Crippen molar-refractivity contribution in [2.24, 2.45) is 17.8 Å². The quantitative estimate of drug-likeness (QED) is 0.539. The van der Waals surface area contributed by atoms with Gasteiger partial charge >= 0.3 is 0 Å². The van der Waals surface area contributed by atoms with Crippen molar-refractivity contribution in [3.63, 3.8) is 0 Å². The highest BCUT2D eigenvalue weighted by atomic mass is 32.2. The minimum absolute atomic E-state index is 0.119. The molecular weight excluding hydrogens is 374 g/mol. The molecule has 2 nitrogen and oxygen atoms in total. The Balaban J connectivity index is 1.13. The van der Waals surface area contributed by atoms with Crippen molar-refractivity contribution in [1.29, 1.82) is 0 Å². The summed E-state index contributed by atoms with van der Waals surface area (Å²) in [7, 11) is 0. The zero-order valence-corrected chi connectivity index (χ0v) is 17.9. The van der Waals surface area contributed by atoms with E-state index in [4.69, 9.17) is 0 Å². The molecule has 2 aromatic rings. The molecule has 0 heterocycles. The van der Waals surface area contributed by atoms with E-state index in [-0.39, 0.29) is 5.91 Å². The van der Waals surface area contributed by atoms with Crippen LogP contribution in [0, 0.1) is 17.8 Å². The van der Waals surface area contributed by atoms with Crippen LogP contribution in [-0.2, 0) is 16.0 Å². The summed E-state index contributed by atoms with van der Waals surface area (Å²) in [5.41, 5.74) is 4.22. The molecule has 152 valence electrons. The Morgan fingerprint density at radius 1 is 0.897 bits per heavy atom. The summed E-state index contributed by atoms with van der Waals surface area (Å²) < 4.78 is 0. The van der Waals surface area contributed by atoms with Crippen LogP contribution in [-0.4, -0.2) is 11.7 Å². The van der Waals surface area contributed by atoms with Gasteiger partial charge in [0.05, 0.1) is 0 Å². The predicted octanol–water partition coefficient (Wildman–Crippen LogP) is 6.42. The van der Waals surface area contributed by atoms with Crippen LogP contribution in [0.5, 0.6) is 0 Å². The van der Waals surface area contributed by atoms with E-state index in [1.54, 1.807) is 0 Å². The number of anilines is 1. The van der Waals surface area contributed by atoms with Crippen LogP contribution in [0.2, 0.25) is 0 Å². The van der Waals surface area contributed by atoms with Crippen LogP contribution in [0.25, 0.3) is 0 Å². The summed E-state index contributed by atoms with van der Waals surface area (Å²) >= 11 is 1.82. The van der Waals surface area contributed by atoms with E-state index in [2.05, 4.69) is 53.8 Å². The van der Waals surface area contributed by atoms with Gasteiger partial charge in [-0.25, -0.2) is 0 Å². The zero-order chi connectivity index (χ0) is 19.7. The van der Waals surface area contributed by atoms with Gasteiger partial charge in [-0.15, -0.1) is 0 Å². The van der Waals surface area contributed by atoms with Gasteiger partial charge in [-0.1, -0.05) is 42.5 Å². The summed E-state index contributed by atoms with van der Waals surface area (Å²) in [6.45, 7) is 0. The highest BCUT2D eigenvalue weighted by Crippen LogP contribution is 2.60. The third kappa shape index (κ3) is 4.26. The maximum atomic E-state index is 12.3. The van der Waals surface area contributed by atoms with E-state index >= 15 is 0 Å². The molecule has 4 fully saturated rings. The normalized spacial score (nSPS) is 29.7. The van der Waals surface area contributed by atoms with Gasteiger partial charge < -0.3 is 5.32 Å². The highest BCUT2D eigenvalue weighted by Gasteiger charge is 2.51. The first-order chi connectivity index (χ1) is 14.2. The van der Waals surface area contributed by atoms with Crippen LogP contribution >= 0.6 is 11.8 Å². The summed E-state index contributed by atoms with van der Waals surface area (Å²) in [6, 6.07) is 19.3.